The van der Waals surface area contributed by atoms with Crippen molar-refractivity contribution >= 4 is 46.3 Å². The summed E-state index contributed by atoms with van der Waals surface area (Å²) < 4.78 is 6.03. The van der Waals surface area contributed by atoms with Crippen molar-refractivity contribution in [3.63, 3.8) is 0 Å². The Morgan fingerprint density at radius 3 is 2.54 bits per heavy atom. The van der Waals surface area contributed by atoms with Crippen LogP contribution in [0.3, 0.4) is 0 Å². The van der Waals surface area contributed by atoms with Crippen molar-refractivity contribution in [2.75, 3.05) is 13.2 Å². The Morgan fingerprint density at radius 2 is 1.86 bits per heavy atom. The molecule has 1 heterocycles. The van der Waals surface area contributed by atoms with Gasteiger partial charge in [0, 0.05) is 0 Å². The number of hydrogen-bond donors (Lipinski definition) is 1. The molecule has 0 saturated carbocycles. The predicted octanol–water partition coefficient (Wildman–Crippen LogP) is 3.98. The van der Waals surface area contributed by atoms with Gasteiger partial charge in [-0.3, -0.25) is 14.5 Å². The number of benzene rings is 2. The maximum atomic E-state index is 12.3. The van der Waals surface area contributed by atoms with Gasteiger partial charge in [-0.15, -0.1) is 0 Å². The number of ether oxygens (including phenoxy) is 1. The first-order valence-electron chi connectivity index (χ1n) is 8.77. The second-order valence-corrected chi connectivity index (χ2v) is 7.84. The van der Waals surface area contributed by atoms with Crippen molar-refractivity contribution in [3.8, 4) is 5.75 Å². The molecule has 0 unspecified atom stereocenters. The summed E-state index contributed by atoms with van der Waals surface area (Å²) >= 11 is 6.20. The molecule has 0 bridgehead atoms. The minimum Gasteiger partial charge on any atom is -0.494 e. The van der Waals surface area contributed by atoms with E-state index >= 15 is 0 Å². The number of aryl methyl sites for hydroxylation is 1. The number of amides is 1. The van der Waals surface area contributed by atoms with Crippen molar-refractivity contribution in [1.29, 1.82) is 0 Å². The third-order valence-electron chi connectivity index (χ3n) is 4.07. The van der Waals surface area contributed by atoms with Crippen LogP contribution >= 0.6 is 24.0 Å². The Bertz CT molecular complexity index is 894. The Labute approximate surface area is 173 Å². The third-order valence-corrected chi connectivity index (χ3v) is 5.44. The number of hydrogen-bond acceptors (Lipinski definition) is 5. The van der Waals surface area contributed by atoms with Crippen molar-refractivity contribution in [2.45, 2.75) is 12.8 Å². The van der Waals surface area contributed by atoms with Crippen LogP contribution in [0.15, 0.2) is 59.5 Å². The zero-order valence-corrected chi connectivity index (χ0v) is 16.7. The summed E-state index contributed by atoms with van der Waals surface area (Å²) in [5.74, 6) is -0.700. The van der Waals surface area contributed by atoms with Crippen LogP contribution in [0.5, 0.6) is 5.75 Å². The minimum absolute atomic E-state index is 0.261. The summed E-state index contributed by atoms with van der Waals surface area (Å²) in [5, 5.41) is 8.87. The van der Waals surface area contributed by atoms with Crippen LogP contribution < -0.4 is 4.74 Å². The van der Waals surface area contributed by atoms with E-state index in [4.69, 9.17) is 22.1 Å². The molecule has 1 N–H and O–H groups in total. The summed E-state index contributed by atoms with van der Waals surface area (Å²) in [6, 6.07) is 17.7. The van der Waals surface area contributed by atoms with Crippen LogP contribution in [0.4, 0.5) is 0 Å². The molecule has 2 aromatic carbocycles. The Kier molecular flexibility index (Phi) is 6.84. The van der Waals surface area contributed by atoms with E-state index in [0.29, 0.717) is 11.5 Å². The van der Waals surface area contributed by atoms with Crippen LogP contribution in [0.1, 0.15) is 17.5 Å². The second kappa shape index (κ2) is 9.52. The molecule has 0 spiro atoms. The Morgan fingerprint density at radius 1 is 1.14 bits per heavy atom. The zero-order valence-electron chi connectivity index (χ0n) is 15.0. The van der Waals surface area contributed by atoms with Gasteiger partial charge >= 0.3 is 5.97 Å². The highest BCUT2D eigenvalue weighted by molar-refractivity contribution is 8.26. The highest BCUT2D eigenvalue weighted by Gasteiger charge is 2.33. The molecule has 3 rings (SSSR count). The summed E-state index contributed by atoms with van der Waals surface area (Å²) in [6.07, 6.45) is 3.61. The lowest BCUT2D eigenvalue weighted by Crippen LogP contribution is -2.33. The smallest absolute Gasteiger partial charge is 0.323 e. The number of thioether (sulfide) groups is 1. The lowest BCUT2D eigenvalue weighted by atomic mass is 10.1. The van der Waals surface area contributed by atoms with Gasteiger partial charge in [0.2, 0.25) is 0 Å². The van der Waals surface area contributed by atoms with Crippen molar-refractivity contribution in [3.05, 3.63) is 70.6 Å². The number of carboxylic acid groups (broad SMARTS) is 1. The average molecular weight is 414 g/mol. The van der Waals surface area contributed by atoms with Gasteiger partial charge in [0.1, 0.15) is 16.6 Å². The van der Waals surface area contributed by atoms with Crippen molar-refractivity contribution < 1.29 is 19.4 Å². The monoisotopic (exact) mass is 413 g/mol. The van der Waals surface area contributed by atoms with Gasteiger partial charge in [-0.2, -0.15) is 0 Å². The van der Waals surface area contributed by atoms with E-state index in [1.165, 1.54) is 5.56 Å². The molecule has 0 aromatic heterocycles. The number of nitrogens with zero attached hydrogens (tertiary/aromatic N) is 1. The average Bonchev–Trinajstić information content (AvgIpc) is 2.94. The van der Waals surface area contributed by atoms with E-state index in [1.807, 2.05) is 42.5 Å². The zero-order chi connectivity index (χ0) is 19.9. The predicted molar refractivity (Wildman–Crippen MR) is 114 cm³/mol. The van der Waals surface area contributed by atoms with Crippen LogP contribution in [0.2, 0.25) is 0 Å². The molecule has 2 aromatic rings. The number of carbonyl (C=O) groups excluding carboxylic acids is 1. The van der Waals surface area contributed by atoms with Crippen LogP contribution in [-0.4, -0.2) is 39.4 Å². The molecule has 1 aliphatic rings. The summed E-state index contributed by atoms with van der Waals surface area (Å²) in [5.41, 5.74) is 2.12. The highest BCUT2D eigenvalue weighted by atomic mass is 32.2. The van der Waals surface area contributed by atoms with E-state index in [-0.39, 0.29) is 10.2 Å². The van der Waals surface area contributed by atoms with Gasteiger partial charge < -0.3 is 9.84 Å². The van der Waals surface area contributed by atoms with Gasteiger partial charge in [0.25, 0.3) is 5.91 Å². The molecule has 1 fully saturated rings. The molecule has 0 radical (unpaired) electrons. The first-order valence-corrected chi connectivity index (χ1v) is 9.99. The van der Waals surface area contributed by atoms with E-state index in [2.05, 4.69) is 12.1 Å². The number of carboxylic acids is 1. The Balaban J connectivity index is 1.53. The quantitative estimate of drug-likeness (QED) is 0.401. The van der Waals surface area contributed by atoms with Crippen molar-refractivity contribution in [2.24, 2.45) is 0 Å². The molecule has 1 saturated heterocycles. The molecule has 1 aliphatic heterocycles. The van der Waals surface area contributed by atoms with Gasteiger partial charge in [0.15, 0.2) is 0 Å². The maximum absolute atomic E-state index is 12.3. The fraction of sp³-hybridized carbons (Fsp3) is 0.190. The fourth-order valence-electron chi connectivity index (χ4n) is 2.69. The minimum atomic E-state index is -1.09. The van der Waals surface area contributed by atoms with Crippen LogP contribution in [0.25, 0.3) is 6.08 Å². The maximum Gasteiger partial charge on any atom is 0.323 e. The molecule has 5 nitrogen and oxygen atoms in total. The molecule has 1 amide bonds. The van der Waals surface area contributed by atoms with Gasteiger partial charge in [-0.25, -0.2) is 0 Å². The molecule has 144 valence electrons. The molecular weight excluding hydrogens is 394 g/mol. The highest BCUT2D eigenvalue weighted by Crippen LogP contribution is 2.32. The van der Waals surface area contributed by atoms with Crippen LogP contribution in [-0.2, 0) is 16.0 Å². The standard InChI is InChI=1S/C21H19NO4S2/c23-19(24)14-22-20(25)18(28-21(22)27)13-16-8-10-17(11-9-16)26-12-4-7-15-5-2-1-3-6-15/h1-3,5-6,8-11,13H,4,7,12,14H2,(H,23,24)/b18-13-. The topological polar surface area (TPSA) is 66.8 Å². The van der Waals surface area contributed by atoms with E-state index in [9.17, 15) is 9.59 Å². The first-order chi connectivity index (χ1) is 13.5. The summed E-state index contributed by atoms with van der Waals surface area (Å²) in [7, 11) is 0. The molecule has 28 heavy (non-hydrogen) atoms. The third kappa shape index (κ3) is 5.43. The number of carbonyl (C=O) groups is 2. The van der Waals surface area contributed by atoms with Gasteiger partial charge in [-0.1, -0.05) is 66.4 Å². The molecule has 7 heteroatoms. The largest absolute Gasteiger partial charge is 0.494 e. The lowest BCUT2D eigenvalue weighted by Gasteiger charge is -2.10. The van der Waals surface area contributed by atoms with E-state index in [0.717, 1.165) is 40.8 Å². The number of aliphatic carboxylic acids is 1. The molecular formula is C21H19NO4S2. The summed E-state index contributed by atoms with van der Waals surface area (Å²) in [4.78, 5) is 24.6. The van der Waals surface area contributed by atoms with Gasteiger partial charge in [-0.05, 0) is 42.2 Å². The molecule has 0 aliphatic carbocycles. The van der Waals surface area contributed by atoms with Crippen molar-refractivity contribution in [1.82, 2.24) is 4.90 Å². The number of rotatable bonds is 8. The first kappa shape index (κ1) is 20.1. The SMILES string of the molecule is O=C(O)CN1C(=O)/C(=C/c2ccc(OCCCc3ccccc3)cc2)SC1=S. The number of thiocarbonyl (C=S) groups is 1. The Hall–Kier alpha value is -2.64. The van der Waals surface area contributed by atoms with E-state index < -0.39 is 12.5 Å². The summed E-state index contributed by atoms with van der Waals surface area (Å²) in [6.45, 7) is 0.208. The fourth-order valence-corrected chi connectivity index (χ4v) is 3.95. The van der Waals surface area contributed by atoms with Crippen LogP contribution in [0, 0.1) is 0 Å². The molecule has 0 atom stereocenters. The van der Waals surface area contributed by atoms with Gasteiger partial charge in [0.05, 0.1) is 11.5 Å². The lowest BCUT2D eigenvalue weighted by molar-refractivity contribution is -0.140. The van der Waals surface area contributed by atoms with E-state index in [1.54, 1.807) is 6.08 Å². The second-order valence-electron chi connectivity index (χ2n) is 6.17. The normalized spacial score (nSPS) is 15.3.